The zero-order chi connectivity index (χ0) is 16.3. The summed E-state index contributed by atoms with van der Waals surface area (Å²) in [6.45, 7) is 1.35. The van der Waals surface area contributed by atoms with Crippen molar-refractivity contribution in [2.45, 2.75) is 24.0 Å². The van der Waals surface area contributed by atoms with Crippen LogP contribution in [0.25, 0.3) is 10.9 Å². The van der Waals surface area contributed by atoms with Crippen molar-refractivity contribution < 1.29 is 9.53 Å². The number of hydrogen-bond acceptors (Lipinski definition) is 3. The molecule has 0 saturated heterocycles. The average molecular weight is 333 g/mol. The van der Waals surface area contributed by atoms with E-state index in [-0.39, 0.29) is 6.03 Å². The molecule has 124 valence electrons. The van der Waals surface area contributed by atoms with Crippen molar-refractivity contribution in [3.05, 3.63) is 30.0 Å². The van der Waals surface area contributed by atoms with Crippen LogP contribution in [-0.2, 0) is 6.42 Å². The molecular weight excluding hydrogens is 310 g/mol. The lowest BCUT2D eigenvalue weighted by molar-refractivity contribution is 0.241. The minimum atomic E-state index is -0.0860. The molecular formula is C17H23N3O2S. The number of nitrogens with one attached hydrogen (secondary N) is 3. The number of ether oxygens (including phenoxy) is 1. The maximum absolute atomic E-state index is 11.9. The van der Waals surface area contributed by atoms with E-state index < -0.39 is 0 Å². The Morgan fingerprint density at radius 2 is 2.22 bits per heavy atom. The van der Waals surface area contributed by atoms with Crippen LogP contribution in [0.2, 0.25) is 0 Å². The molecule has 5 nitrogen and oxygen atoms in total. The Bertz CT molecular complexity index is 694. The molecule has 1 aromatic carbocycles. The monoisotopic (exact) mass is 333 g/mol. The van der Waals surface area contributed by atoms with Crippen molar-refractivity contribution in [1.29, 1.82) is 0 Å². The molecule has 23 heavy (non-hydrogen) atoms. The number of amides is 2. The van der Waals surface area contributed by atoms with Crippen molar-refractivity contribution in [2.75, 3.05) is 26.5 Å². The molecule has 1 aliphatic rings. The number of carbonyl (C=O) groups excluding carboxylic acids is 1. The summed E-state index contributed by atoms with van der Waals surface area (Å²) >= 11 is 1.85. The highest BCUT2D eigenvalue weighted by Gasteiger charge is 2.41. The van der Waals surface area contributed by atoms with Crippen LogP contribution in [0.15, 0.2) is 24.4 Å². The summed E-state index contributed by atoms with van der Waals surface area (Å²) in [6, 6.07) is 5.86. The second kappa shape index (κ2) is 6.74. The molecule has 2 amide bonds. The fourth-order valence-corrected chi connectivity index (χ4v) is 3.52. The number of methoxy groups -OCH3 is 1. The van der Waals surface area contributed by atoms with Crippen LogP contribution in [0.1, 0.15) is 18.4 Å². The molecule has 0 atom stereocenters. The van der Waals surface area contributed by atoms with E-state index in [9.17, 15) is 4.79 Å². The average Bonchev–Trinajstić information content (AvgIpc) is 3.26. The number of aromatic amines is 1. The van der Waals surface area contributed by atoms with Crippen LogP contribution in [0.3, 0.4) is 0 Å². The molecule has 0 aliphatic heterocycles. The van der Waals surface area contributed by atoms with Gasteiger partial charge in [0.25, 0.3) is 0 Å². The Labute approximate surface area is 140 Å². The Morgan fingerprint density at radius 1 is 1.39 bits per heavy atom. The first-order chi connectivity index (χ1) is 11.2. The summed E-state index contributed by atoms with van der Waals surface area (Å²) in [5.41, 5.74) is 2.21. The van der Waals surface area contributed by atoms with Crippen molar-refractivity contribution in [2.24, 2.45) is 0 Å². The van der Waals surface area contributed by atoms with Crippen molar-refractivity contribution in [3.63, 3.8) is 0 Å². The van der Waals surface area contributed by atoms with Gasteiger partial charge < -0.3 is 20.4 Å². The second-order valence-corrected chi connectivity index (χ2v) is 7.22. The quantitative estimate of drug-likeness (QED) is 0.730. The Morgan fingerprint density at radius 3 is 2.91 bits per heavy atom. The minimum Gasteiger partial charge on any atom is -0.496 e. The molecule has 0 unspecified atom stereocenters. The maximum atomic E-state index is 11.9. The SMILES string of the molecule is COc1cccc2[nH]cc(CCNC(=O)NCC3(SC)CC3)c12. The maximum Gasteiger partial charge on any atom is 0.314 e. The van der Waals surface area contributed by atoms with Gasteiger partial charge in [-0.05, 0) is 43.2 Å². The lowest BCUT2D eigenvalue weighted by Gasteiger charge is -2.13. The van der Waals surface area contributed by atoms with Crippen LogP contribution in [0.5, 0.6) is 5.75 Å². The molecule has 1 saturated carbocycles. The summed E-state index contributed by atoms with van der Waals surface area (Å²) in [6.07, 6.45) is 7.26. The number of benzene rings is 1. The summed E-state index contributed by atoms with van der Waals surface area (Å²) in [4.78, 5) is 15.1. The Kier molecular flexibility index (Phi) is 4.71. The van der Waals surface area contributed by atoms with Gasteiger partial charge >= 0.3 is 6.03 Å². The first-order valence-electron chi connectivity index (χ1n) is 7.87. The molecule has 1 heterocycles. The van der Waals surface area contributed by atoms with Crippen molar-refractivity contribution in [1.82, 2.24) is 15.6 Å². The molecule has 1 aliphatic carbocycles. The molecule has 1 fully saturated rings. The molecule has 2 aromatic rings. The third kappa shape index (κ3) is 3.58. The van der Waals surface area contributed by atoms with E-state index in [1.54, 1.807) is 7.11 Å². The Balaban J connectivity index is 1.52. The lowest BCUT2D eigenvalue weighted by atomic mass is 10.1. The summed E-state index contributed by atoms with van der Waals surface area (Å²) in [5.74, 6) is 0.860. The number of hydrogen-bond donors (Lipinski definition) is 3. The molecule has 3 N–H and O–H groups in total. The van der Waals surface area contributed by atoms with Crippen molar-refractivity contribution >= 4 is 28.7 Å². The van der Waals surface area contributed by atoms with E-state index in [4.69, 9.17) is 4.74 Å². The van der Waals surface area contributed by atoms with E-state index in [2.05, 4.69) is 21.9 Å². The van der Waals surface area contributed by atoms with E-state index in [1.807, 2.05) is 36.2 Å². The van der Waals surface area contributed by atoms with Gasteiger partial charge in [0.05, 0.1) is 7.11 Å². The van der Waals surface area contributed by atoms with Crippen LogP contribution in [-0.4, -0.2) is 42.2 Å². The second-order valence-electron chi connectivity index (χ2n) is 5.94. The highest BCUT2D eigenvalue weighted by atomic mass is 32.2. The van der Waals surface area contributed by atoms with E-state index in [0.717, 1.165) is 35.2 Å². The Hall–Kier alpha value is -1.82. The standard InChI is InChI=1S/C17H23N3O2S/c1-22-14-5-3-4-13-15(14)12(10-19-13)6-9-18-16(21)20-11-17(23-2)7-8-17/h3-5,10,19H,6-9,11H2,1-2H3,(H2,18,20,21). The molecule has 1 aromatic heterocycles. The van der Waals surface area contributed by atoms with Gasteiger partial charge in [0.1, 0.15) is 5.75 Å². The van der Waals surface area contributed by atoms with Gasteiger partial charge in [-0.2, -0.15) is 11.8 Å². The van der Waals surface area contributed by atoms with Crippen molar-refractivity contribution in [3.8, 4) is 5.75 Å². The molecule has 0 bridgehead atoms. The van der Waals surface area contributed by atoms with Gasteiger partial charge in [-0.1, -0.05) is 6.07 Å². The van der Waals surface area contributed by atoms with Gasteiger partial charge in [0, 0.05) is 34.9 Å². The first kappa shape index (κ1) is 16.1. The number of H-pyrrole nitrogens is 1. The van der Waals surface area contributed by atoms with Crippen LogP contribution < -0.4 is 15.4 Å². The summed E-state index contributed by atoms with van der Waals surface area (Å²) < 4.78 is 5.72. The first-order valence-corrected chi connectivity index (χ1v) is 9.10. The molecule has 0 radical (unpaired) electrons. The third-order valence-corrected chi connectivity index (χ3v) is 5.88. The largest absolute Gasteiger partial charge is 0.496 e. The highest BCUT2D eigenvalue weighted by Crippen LogP contribution is 2.46. The van der Waals surface area contributed by atoms with Crippen LogP contribution in [0, 0.1) is 0 Å². The predicted molar refractivity (Wildman–Crippen MR) is 95.4 cm³/mol. The fourth-order valence-electron chi connectivity index (χ4n) is 2.79. The fraction of sp³-hybridized carbons (Fsp3) is 0.471. The van der Waals surface area contributed by atoms with Gasteiger partial charge in [0.2, 0.25) is 0 Å². The van der Waals surface area contributed by atoms with E-state index in [1.165, 1.54) is 12.8 Å². The topological polar surface area (TPSA) is 66.1 Å². The minimum absolute atomic E-state index is 0.0860. The van der Waals surface area contributed by atoms with Crippen LogP contribution in [0.4, 0.5) is 4.79 Å². The number of carbonyl (C=O) groups is 1. The normalized spacial score (nSPS) is 15.4. The van der Waals surface area contributed by atoms with E-state index in [0.29, 0.717) is 11.3 Å². The number of rotatable bonds is 7. The number of fused-ring (bicyclic) bond motifs is 1. The van der Waals surface area contributed by atoms with Gasteiger partial charge in [-0.3, -0.25) is 0 Å². The number of urea groups is 1. The van der Waals surface area contributed by atoms with Crippen LogP contribution >= 0.6 is 11.8 Å². The van der Waals surface area contributed by atoms with Gasteiger partial charge in [-0.15, -0.1) is 0 Å². The third-order valence-electron chi connectivity index (χ3n) is 4.46. The molecule has 3 rings (SSSR count). The molecule has 6 heteroatoms. The smallest absolute Gasteiger partial charge is 0.314 e. The summed E-state index contributed by atoms with van der Waals surface area (Å²) in [5, 5.41) is 7.00. The number of aromatic nitrogens is 1. The molecule has 0 spiro atoms. The zero-order valence-electron chi connectivity index (χ0n) is 13.6. The van der Waals surface area contributed by atoms with Gasteiger partial charge in [0.15, 0.2) is 0 Å². The van der Waals surface area contributed by atoms with E-state index >= 15 is 0 Å². The zero-order valence-corrected chi connectivity index (χ0v) is 14.4. The lowest BCUT2D eigenvalue weighted by Crippen LogP contribution is -2.40. The number of thioether (sulfide) groups is 1. The predicted octanol–water partition coefficient (Wildman–Crippen LogP) is 2.91. The summed E-state index contributed by atoms with van der Waals surface area (Å²) in [7, 11) is 1.68. The van der Waals surface area contributed by atoms with Gasteiger partial charge in [-0.25, -0.2) is 4.79 Å². The highest BCUT2D eigenvalue weighted by molar-refractivity contribution is 8.00.